The largest absolute Gasteiger partial charge is 0.306 e. The minimum absolute atomic E-state index is 0.631. The Morgan fingerprint density at radius 3 is 1.70 bits per heavy atom. The van der Waals surface area contributed by atoms with Crippen molar-refractivity contribution >= 4 is 0 Å². The zero-order chi connectivity index (χ0) is 14.8. The summed E-state index contributed by atoms with van der Waals surface area (Å²) in [6.45, 7) is 9.91. The van der Waals surface area contributed by atoms with Gasteiger partial charge in [0, 0.05) is 13.1 Å². The smallest absolute Gasteiger partial charge is 0.00242 e. The first-order valence-corrected chi connectivity index (χ1v) is 9.31. The Balaban J connectivity index is 2.30. The van der Waals surface area contributed by atoms with Crippen molar-refractivity contribution in [3.8, 4) is 0 Å². The van der Waals surface area contributed by atoms with Crippen LogP contribution in [-0.2, 0) is 0 Å². The van der Waals surface area contributed by atoms with E-state index in [0.717, 1.165) is 5.92 Å². The fourth-order valence-corrected chi connectivity index (χ4v) is 3.76. The van der Waals surface area contributed by atoms with Crippen molar-refractivity contribution in [1.82, 2.24) is 4.90 Å². The summed E-state index contributed by atoms with van der Waals surface area (Å²) in [5.74, 6) is 0.973. The first-order chi connectivity index (χ1) is 9.62. The van der Waals surface area contributed by atoms with Gasteiger partial charge in [-0.1, -0.05) is 78.6 Å². The molecule has 1 unspecified atom stereocenters. The highest BCUT2D eigenvalue weighted by molar-refractivity contribution is 4.91. The lowest BCUT2D eigenvalue weighted by Crippen LogP contribution is -2.51. The van der Waals surface area contributed by atoms with E-state index in [0.29, 0.717) is 5.41 Å². The lowest BCUT2D eigenvalue weighted by atomic mass is 9.67. The van der Waals surface area contributed by atoms with Gasteiger partial charge in [0.1, 0.15) is 0 Å². The van der Waals surface area contributed by atoms with Crippen molar-refractivity contribution in [2.24, 2.45) is 11.3 Å². The molecule has 1 atom stereocenters. The van der Waals surface area contributed by atoms with Crippen LogP contribution in [0.4, 0.5) is 0 Å². The molecule has 20 heavy (non-hydrogen) atoms. The van der Waals surface area contributed by atoms with E-state index in [4.69, 9.17) is 0 Å². The van der Waals surface area contributed by atoms with Gasteiger partial charge in [0.2, 0.25) is 0 Å². The molecule has 0 aliphatic carbocycles. The van der Waals surface area contributed by atoms with Gasteiger partial charge in [-0.15, -0.1) is 0 Å². The van der Waals surface area contributed by atoms with Gasteiger partial charge in [0.25, 0.3) is 0 Å². The quantitative estimate of drug-likeness (QED) is 0.403. The molecule has 0 aromatic rings. The fourth-order valence-electron chi connectivity index (χ4n) is 3.76. The number of nitrogens with zero attached hydrogens (tertiary/aromatic N) is 1. The molecule has 1 aliphatic heterocycles. The van der Waals surface area contributed by atoms with Gasteiger partial charge in [0.05, 0.1) is 0 Å². The van der Waals surface area contributed by atoms with Gasteiger partial charge in [-0.25, -0.2) is 0 Å². The van der Waals surface area contributed by atoms with E-state index >= 15 is 0 Å². The predicted molar refractivity (Wildman–Crippen MR) is 91.2 cm³/mol. The number of unbranched alkanes of at least 4 members (excludes halogenated alkanes) is 7. The molecule has 0 aromatic heterocycles. The molecule has 1 fully saturated rings. The average Bonchev–Trinajstić information content (AvgIpc) is 2.40. The topological polar surface area (TPSA) is 3.24 Å². The molecule has 0 radical (unpaired) electrons. The van der Waals surface area contributed by atoms with Crippen molar-refractivity contribution in [3.63, 3.8) is 0 Å². The average molecular weight is 282 g/mol. The molecule has 1 saturated heterocycles. The summed E-state index contributed by atoms with van der Waals surface area (Å²) in [5.41, 5.74) is 0.631. The molecule has 0 bridgehead atoms. The van der Waals surface area contributed by atoms with E-state index in [1.807, 2.05) is 0 Å². The summed E-state index contributed by atoms with van der Waals surface area (Å²) < 4.78 is 0. The lowest BCUT2D eigenvalue weighted by molar-refractivity contribution is 0.00894. The van der Waals surface area contributed by atoms with E-state index in [-0.39, 0.29) is 0 Å². The van der Waals surface area contributed by atoms with Gasteiger partial charge >= 0.3 is 0 Å². The fraction of sp³-hybridized carbons (Fsp3) is 1.00. The molecule has 0 spiro atoms. The normalized spacial score (nSPS) is 19.8. The Labute approximate surface area is 128 Å². The van der Waals surface area contributed by atoms with Crippen LogP contribution in [0, 0.1) is 11.3 Å². The molecular formula is C19H39N. The van der Waals surface area contributed by atoms with Gasteiger partial charge in [-0.3, -0.25) is 0 Å². The third-order valence-electron chi connectivity index (χ3n) is 5.50. The van der Waals surface area contributed by atoms with Crippen LogP contribution in [0.15, 0.2) is 0 Å². The van der Waals surface area contributed by atoms with E-state index in [1.54, 1.807) is 0 Å². The zero-order valence-corrected chi connectivity index (χ0v) is 14.7. The summed E-state index contributed by atoms with van der Waals surface area (Å²) in [7, 11) is 2.27. The second-order valence-electron chi connectivity index (χ2n) is 7.55. The molecular weight excluding hydrogens is 242 g/mol. The SMILES string of the molecule is CCCCCCCC(C)(CCCCCC)C1CN(C)C1. The molecule has 1 rings (SSSR count). The molecule has 1 heterocycles. The maximum Gasteiger partial charge on any atom is 0.00242 e. The van der Waals surface area contributed by atoms with Gasteiger partial charge in [-0.05, 0) is 31.2 Å². The molecule has 0 aromatic carbocycles. The van der Waals surface area contributed by atoms with Crippen molar-refractivity contribution in [2.45, 2.75) is 91.4 Å². The van der Waals surface area contributed by atoms with Crippen LogP contribution in [0.2, 0.25) is 0 Å². The van der Waals surface area contributed by atoms with Gasteiger partial charge in [-0.2, -0.15) is 0 Å². The highest BCUT2D eigenvalue weighted by Crippen LogP contribution is 2.42. The van der Waals surface area contributed by atoms with E-state index in [9.17, 15) is 0 Å². The maximum atomic E-state index is 2.59. The first-order valence-electron chi connectivity index (χ1n) is 9.31. The molecule has 1 heteroatoms. The summed E-state index contributed by atoms with van der Waals surface area (Å²) in [6, 6.07) is 0. The predicted octanol–water partition coefficient (Wildman–Crippen LogP) is 5.89. The van der Waals surface area contributed by atoms with Crippen molar-refractivity contribution in [3.05, 3.63) is 0 Å². The molecule has 1 nitrogen and oxygen atoms in total. The Hall–Kier alpha value is -0.0400. The van der Waals surface area contributed by atoms with Crippen LogP contribution < -0.4 is 0 Å². The van der Waals surface area contributed by atoms with E-state index in [1.165, 1.54) is 83.7 Å². The Bertz CT molecular complexity index is 232. The minimum atomic E-state index is 0.631. The first kappa shape index (κ1) is 18.0. The molecule has 1 aliphatic rings. The van der Waals surface area contributed by atoms with Crippen molar-refractivity contribution in [2.75, 3.05) is 20.1 Å². The Morgan fingerprint density at radius 2 is 1.25 bits per heavy atom. The Kier molecular flexibility index (Phi) is 8.84. The second kappa shape index (κ2) is 9.82. The van der Waals surface area contributed by atoms with Crippen LogP contribution in [-0.4, -0.2) is 25.0 Å². The maximum absolute atomic E-state index is 2.59. The summed E-state index contributed by atoms with van der Waals surface area (Å²) in [5, 5.41) is 0. The third kappa shape index (κ3) is 6.16. The van der Waals surface area contributed by atoms with Crippen molar-refractivity contribution in [1.29, 1.82) is 0 Å². The zero-order valence-electron chi connectivity index (χ0n) is 14.7. The van der Waals surface area contributed by atoms with Crippen LogP contribution in [0.3, 0.4) is 0 Å². The monoisotopic (exact) mass is 281 g/mol. The molecule has 0 amide bonds. The standard InChI is InChI=1S/C19H39N/c1-5-7-9-11-13-15-19(3,14-12-10-8-6-2)18-16-20(4)17-18/h18H,5-17H2,1-4H3. The lowest BCUT2D eigenvalue weighted by Gasteiger charge is -2.48. The van der Waals surface area contributed by atoms with E-state index in [2.05, 4.69) is 32.7 Å². The number of rotatable bonds is 12. The van der Waals surface area contributed by atoms with Crippen LogP contribution in [0.1, 0.15) is 91.4 Å². The molecule has 0 saturated carbocycles. The Morgan fingerprint density at radius 1 is 0.800 bits per heavy atom. The van der Waals surface area contributed by atoms with E-state index < -0.39 is 0 Å². The van der Waals surface area contributed by atoms with Crippen LogP contribution in [0.5, 0.6) is 0 Å². The van der Waals surface area contributed by atoms with Gasteiger partial charge < -0.3 is 4.90 Å². The van der Waals surface area contributed by atoms with Gasteiger partial charge in [0.15, 0.2) is 0 Å². The number of hydrogen-bond acceptors (Lipinski definition) is 1. The second-order valence-corrected chi connectivity index (χ2v) is 7.55. The highest BCUT2D eigenvalue weighted by Gasteiger charge is 2.39. The van der Waals surface area contributed by atoms with Crippen LogP contribution >= 0.6 is 0 Å². The molecule has 120 valence electrons. The van der Waals surface area contributed by atoms with Crippen molar-refractivity contribution < 1.29 is 0 Å². The number of likely N-dealkylation sites (tertiary alicyclic amines) is 1. The summed E-state index contributed by atoms with van der Waals surface area (Å²) >= 11 is 0. The highest BCUT2D eigenvalue weighted by atomic mass is 15.2. The molecule has 0 N–H and O–H groups in total. The summed E-state index contributed by atoms with van der Waals surface area (Å²) in [6.07, 6.45) is 15.8. The third-order valence-corrected chi connectivity index (χ3v) is 5.50. The summed E-state index contributed by atoms with van der Waals surface area (Å²) in [4.78, 5) is 2.49. The van der Waals surface area contributed by atoms with Crippen LogP contribution in [0.25, 0.3) is 0 Å². The number of hydrogen-bond donors (Lipinski definition) is 0. The minimum Gasteiger partial charge on any atom is -0.306 e.